The number of phenolic OH excluding ortho intramolecular Hbond substituents is 1. The van der Waals surface area contributed by atoms with E-state index < -0.39 is 17.7 Å². The summed E-state index contributed by atoms with van der Waals surface area (Å²) in [6.45, 7) is -0.188. The lowest BCUT2D eigenvalue weighted by atomic mass is 10.0. The summed E-state index contributed by atoms with van der Waals surface area (Å²) in [6, 6.07) is 10.8. The van der Waals surface area contributed by atoms with Crippen molar-refractivity contribution in [3.8, 4) is 11.5 Å². The molecule has 0 saturated carbocycles. The van der Waals surface area contributed by atoms with Crippen LogP contribution < -0.4 is 4.74 Å². The molecule has 2 aromatic carbocycles. The number of benzene rings is 2. The Morgan fingerprint density at radius 3 is 2.32 bits per heavy atom. The van der Waals surface area contributed by atoms with Crippen molar-refractivity contribution in [3.63, 3.8) is 0 Å². The highest BCUT2D eigenvalue weighted by atomic mass is 19.4. The molecule has 0 radical (unpaired) electrons. The van der Waals surface area contributed by atoms with Gasteiger partial charge in [0.25, 0.3) is 0 Å². The van der Waals surface area contributed by atoms with Crippen LogP contribution in [0.4, 0.5) is 13.2 Å². The molecule has 0 aliphatic rings. The smallest absolute Gasteiger partial charge is 0.416 e. The zero-order valence-electron chi connectivity index (χ0n) is 11.5. The molecule has 2 rings (SSSR count). The molecule has 0 aromatic heterocycles. The summed E-state index contributed by atoms with van der Waals surface area (Å²) in [6.07, 6.45) is -4.42. The van der Waals surface area contributed by atoms with Crippen LogP contribution in [-0.4, -0.2) is 23.4 Å². The predicted octanol–water partition coefficient (Wildman–Crippen LogP) is 3.57. The van der Waals surface area contributed by atoms with E-state index in [2.05, 4.69) is 0 Å². The number of halogens is 3. The zero-order chi connectivity index (χ0) is 16.2. The lowest BCUT2D eigenvalue weighted by Gasteiger charge is -2.16. The van der Waals surface area contributed by atoms with Crippen LogP contribution in [-0.2, 0) is 6.18 Å². The van der Waals surface area contributed by atoms with E-state index in [1.165, 1.54) is 24.3 Å². The van der Waals surface area contributed by atoms with Crippen molar-refractivity contribution in [2.24, 2.45) is 0 Å². The van der Waals surface area contributed by atoms with Crippen LogP contribution in [0.25, 0.3) is 0 Å². The standard InChI is InChI=1S/C16H15F3O3/c17-16(18,19)13-2-1-3-15(8-13)22-10-12(9-20)11-4-6-14(21)7-5-11/h1-8,12,20-21H,9-10H2. The molecule has 0 saturated heterocycles. The Labute approximate surface area is 125 Å². The summed E-state index contributed by atoms with van der Waals surface area (Å²) < 4.78 is 43.2. The third-order valence-corrected chi connectivity index (χ3v) is 3.20. The minimum Gasteiger partial charge on any atom is -0.508 e. The van der Waals surface area contributed by atoms with Gasteiger partial charge in [-0.3, -0.25) is 0 Å². The van der Waals surface area contributed by atoms with Gasteiger partial charge in [-0.2, -0.15) is 13.2 Å². The summed E-state index contributed by atoms with van der Waals surface area (Å²) in [5.74, 6) is -0.207. The SMILES string of the molecule is OCC(COc1cccc(C(F)(F)F)c1)c1ccc(O)cc1. The van der Waals surface area contributed by atoms with Crippen LogP contribution in [0, 0.1) is 0 Å². The molecule has 118 valence electrons. The normalized spacial score (nSPS) is 12.9. The van der Waals surface area contributed by atoms with Crippen LogP contribution in [0.2, 0.25) is 0 Å². The fourth-order valence-corrected chi connectivity index (χ4v) is 1.96. The van der Waals surface area contributed by atoms with Crippen LogP contribution >= 0.6 is 0 Å². The Bertz CT molecular complexity index is 609. The van der Waals surface area contributed by atoms with Gasteiger partial charge in [0.05, 0.1) is 18.8 Å². The number of alkyl halides is 3. The first kappa shape index (κ1) is 16.2. The topological polar surface area (TPSA) is 49.7 Å². The summed E-state index contributed by atoms with van der Waals surface area (Å²) >= 11 is 0. The van der Waals surface area contributed by atoms with E-state index in [9.17, 15) is 23.4 Å². The number of phenols is 1. The summed E-state index contributed by atoms with van der Waals surface area (Å²) in [4.78, 5) is 0. The molecule has 0 aliphatic carbocycles. The van der Waals surface area contributed by atoms with Crippen molar-refractivity contribution < 1.29 is 28.1 Å². The molecule has 1 atom stereocenters. The molecule has 1 unspecified atom stereocenters. The maximum atomic E-state index is 12.6. The monoisotopic (exact) mass is 312 g/mol. The molecule has 0 spiro atoms. The first-order valence-electron chi connectivity index (χ1n) is 6.60. The molecular weight excluding hydrogens is 297 g/mol. The van der Waals surface area contributed by atoms with E-state index >= 15 is 0 Å². The largest absolute Gasteiger partial charge is 0.508 e. The third-order valence-electron chi connectivity index (χ3n) is 3.20. The maximum absolute atomic E-state index is 12.6. The van der Waals surface area contributed by atoms with Gasteiger partial charge in [-0.25, -0.2) is 0 Å². The highest BCUT2D eigenvalue weighted by Gasteiger charge is 2.30. The Balaban J connectivity index is 2.06. The van der Waals surface area contributed by atoms with E-state index in [0.29, 0.717) is 0 Å². The van der Waals surface area contributed by atoms with E-state index in [0.717, 1.165) is 17.7 Å². The average molecular weight is 312 g/mol. The highest BCUT2D eigenvalue weighted by Crippen LogP contribution is 2.31. The minimum absolute atomic E-state index is 0.0303. The van der Waals surface area contributed by atoms with Crippen molar-refractivity contribution in [1.29, 1.82) is 0 Å². The van der Waals surface area contributed by atoms with Gasteiger partial charge in [-0.15, -0.1) is 0 Å². The van der Waals surface area contributed by atoms with Crippen molar-refractivity contribution in [2.45, 2.75) is 12.1 Å². The Morgan fingerprint density at radius 2 is 1.73 bits per heavy atom. The second-order valence-electron chi connectivity index (χ2n) is 4.81. The molecular formula is C16H15F3O3. The number of hydrogen-bond donors (Lipinski definition) is 2. The Hall–Kier alpha value is -2.21. The molecule has 0 heterocycles. The Kier molecular flexibility index (Phi) is 4.92. The van der Waals surface area contributed by atoms with E-state index in [1.807, 2.05) is 0 Å². The van der Waals surface area contributed by atoms with Crippen molar-refractivity contribution in [2.75, 3.05) is 13.2 Å². The number of aromatic hydroxyl groups is 1. The number of rotatable bonds is 5. The van der Waals surface area contributed by atoms with Gasteiger partial charge in [-0.05, 0) is 35.9 Å². The fourth-order valence-electron chi connectivity index (χ4n) is 1.96. The van der Waals surface area contributed by atoms with Crippen LogP contribution in [0.15, 0.2) is 48.5 Å². The number of ether oxygens (including phenoxy) is 1. The molecule has 2 aromatic rings. The second kappa shape index (κ2) is 6.70. The lowest BCUT2D eigenvalue weighted by molar-refractivity contribution is -0.137. The first-order valence-corrected chi connectivity index (χ1v) is 6.60. The van der Waals surface area contributed by atoms with Crippen molar-refractivity contribution >= 4 is 0 Å². The van der Waals surface area contributed by atoms with Gasteiger partial charge in [-0.1, -0.05) is 18.2 Å². The predicted molar refractivity (Wildman–Crippen MR) is 74.9 cm³/mol. The van der Waals surface area contributed by atoms with Crippen molar-refractivity contribution in [1.82, 2.24) is 0 Å². The van der Waals surface area contributed by atoms with Gasteiger partial charge < -0.3 is 14.9 Å². The molecule has 0 aliphatic heterocycles. The van der Waals surface area contributed by atoms with Gasteiger partial charge in [0.15, 0.2) is 0 Å². The first-order chi connectivity index (χ1) is 10.4. The third kappa shape index (κ3) is 4.14. The molecule has 22 heavy (non-hydrogen) atoms. The van der Waals surface area contributed by atoms with Crippen molar-refractivity contribution in [3.05, 3.63) is 59.7 Å². The van der Waals surface area contributed by atoms with Gasteiger partial charge >= 0.3 is 6.18 Å². The van der Waals surface area contributed by atoms with Crippen LogP contribution in [0.3, 0.4) is 0 Å². The summed E-state index contributed by atoms with van der Waals surface area (Å²) in [5, 5.41) is 18.6. The number of aliphatic hydroxyl groups excluding tert-OH is 1. The minimum atomic E-state index is -4.42. The van der Waals surface area contributed by atoms with E-state index in [1.54, 1.807) is 12.1 Å². The van der Waals surface area contributed by atoms with Gasteiger partial charge in [0, 0.05) is 5.92 Å². The average Bonchev–Trinajstić information content (AvgIpc) is 2.49. The van der Waals surface area contributed by atoms with Gasteiger partial charge in [0.2, 0.25) is 0 Å². The summed E-state index contributed by atoms with van der Waals surface area (Å²) in [5.41, 5.74) is -0.0533. The molecule has 0 fully saturated rings. The van der Waals surface area contributed by atoms with Crippen LogP contribution in [0.5, 0.6) is 11.5 Å². The molecule has 3 nitrogen and oxygen atoms in total. The maximum Gasteiger partial charge on any atom is 0.416 e. The van der Waals surface area contributed by atoms with E-state index in [-0.39, 0.29) is 24.7 Å². The number of aliphatic hydroxyl groups is 1. The van der Waals surface area contributed by atoms with Crippen LogP contribution in [0.1, 0.15) is 17.0 Å². The number of hydrogen-bond acceptors (Lipinski definition) is 3. The lowest BCUT2D eigenvalue weighted by Crippen LogP contribution is -2.14. The molecule has 0 amide bonds. The Morgan fingerprint density at radius 1 is 1.05 bits per heavy atom. The molecule has 6 heteroatoms. The van der Waals surface area contributed by atoms with E-state index in [4.69, 9.17) is 4.74 Å². The molecule has 2 N–H and O–H groups in total. The zero-order valence-corrected chi connectivity index (χ0v) is 11.5. The van der Waals surface area contributed by atoms with Gasteiger partial charge in [0.1, 0.15) is 11.5 Å². The second-order valence-corrected chi connectivity index (χ2v) is 4.81. The quantitative estimate of drug-likeness (QED) is 0.887. The fraction of sp³-hybridized carbons (Fsp3) is 0.250. The highest BCUT2D eigenvalue weighted by molar-refractivity contribution is 5.31. The summed E-state index contributed by atoms with van der Waals surface area (Å²) in [7, 11) is 0. The molecule has 0 bridgehead atoms.